The fourth-order valence-electron chi connectivity index (χ4n) is 2.59. The average Bonchev–Trinajstić information content (AvgIpc) is 3.30. The molecule has 0 N–H and O–H groups in total. The van der Waals surface area contributed by atoms with Crippen molar-refractivity contribution in [1.82, 2.24) is 9.97 Å². The number of anilines is 1. The van der Waals surface area contributed by atoms with Gasteiger partial charge in [0.05, 0.1) is 22.1 Å². The van der Waals surface area contributed by atoms with Crippen molar-refractivity contribution in [1.29, 1.82) is 0 Å². The summed E-state index contributed by atoms with van der Waals surface area (Å²) in [4.78, 5) is 22.4. The molecule has 3 aromatic rings. The molecule has 8 heteroatoms. The number of rotatable bonds is 4. The molecule has 1 aliphatic rings. The lowest BCUT2D eigenvalue weighted by molar-refractivity contribution is 0.101. The van der Waals surface area contributed by atoms with Crippen LogP contribution in [0.25, 0.3) is 10.2 Å². The molecular weight excluding hydrogens is 342 g/mol. The molecule has 0 atom stereocenters. The van der Waals surface area contributed by atoms with Crippen LogP contribution in [-0.4, -0.2) is 28.8 Å². The van der Waals surface area contributed by atoms with Crippen molar-refractivity contribution in [3.05, 3.63) is 29.4 Å². The largest absolute Gasteiger partial charge is 0.348 e. The van der Waals surface area contributed by atoms with E-state index in [1.165, 1.54) is 31.1 Å². The van der Waals surface area contributed by atoms with E-state index in [0.717, 1.165) is 39.1 Å². The van der Waals surface area contributed by atoms with Crippen molar-refractivity contribution in [2.45, 2.75) is 19.8 Å². The summed E-state index contributed by atoms with van der Waals surface area (Å²) in [6.07, 6.45) is 4.22. The molecule has 3 heterocycles. The van der Waals surface area contributed by atoms with E-state index in [2.05, 4.69) is 25.1 Å². The van der Waals surface area contributed by atoms with Gasteiger partial charge in [0.15, 0.2) is 20.9 Å². The van der Waals surface area contributed by atoms with Crippen molar-refractivity contribution in [3.8, 4) is 0 Å². The lowest BCUT2D eigenvalue weighted by Crippen LogP contribution is -2.16. The highest BCUT2D eigenvalue weighted by atomic mass is 32.1. The number of aromatic nitrogens is 2. The third-order valence-corrected chi connectivity index (χ3v) is 5.86. The molecule has 0 radical (unpaired) electrons. The summed E-state index contributed by atoms with van der Waals surface area (Å²) in [5.41, 5.74) is 1.57. The van der Waals surface area contributed by atoms with Gasteiger partial charge in [-0.2, -0.15) is 0 Å². The van der Waals surface area contributed by atoms with Gasteiger partial charge in [-0.1, -0.05) is 11.3 Å². The standard InChI is InChI=1S/C16H15N5OS2/c1-10(22)15-18-12-5-4-11(8-13(12)23-15)19-20-14-9-17-16(24-14)21-6-2-3-7-21/h4-5,8-9H,2-3,6-7H2,1H3. The first-order chi connectivity index (χ1) is 11.7. The van der Waals surface area contributed by atoms with Gasteiger partial charge < -0.3 is 4.90 Å². The van der Waals surface area contributed by atoms with E-state index in [4.69, 9.17) is 0 Å². The zero-order chi connectivity index (χ0) is 16.5. The normalized spacial score (nSPS) is 15.0. The molecule has 2 aromatic heterocycles. The van der Waals surface area contributed by atoms with Gasteiger partial charge in [0, 0.05) is 20.0 Å². The summed E-state index contributed by atoms with van der Waals surface area (Å²) in [5, 5.41) is 10.9. The van der Waals surface area contributed by atoms with Crippen molar-refractivity contribution in [2.75, 3.05) is 18.0 Å². The number of benzene rings is 1. The monoisotopic (exact) mass is 357 g/mol. The Morgan fingerprint density at radius 1 is 1.21 bits per heavy atom. The molecule has 6 nitrogen and oxygen atoms in total. The summed E-state index contributed by atoms with van der Waals surface area (Å²) in [7, 11) is 0. The smallest absolute Gasteiger partial charge is 0.188 e. The number of carbonyl (C=O) groups is 1. The molecule has 24 heavy (non-hydrogen) atoms. The van der Waals surface area contributed by atoms with Gasteiger partial charge in [-0.05, 0) is 31.0 Å². The number of carbonyl (C=O) groups excluding carboxylic acids is 1. The van der Waals surface area contributed by atoms with Gasteiger partial charge in [-0.25, -0.2) is 9.97 Å². The highest BCUT2D eigenvalue weighted by Gasteiger charge is 2.15. The second-order valence-electron chi connectivity index (χ2n) is 5.60. The van der Waals surface area contributed by atoms with E-state index in [-0.39, 0.29) is 5.78 Å². The van der Waals surface area contributed by atoms with Crippen molar-refractivity contribution >= 4 is 54.5 Å². The van der Waals surface area contributed by atoms with Gasteiger partial charge >= 0.3 is 0 Å². The van der Waals surface area contributed by atoms with Crippen LogP contribution in [0.3, 0.4) is 0 Å². The van der Waals surface area contributed by atoms with E-state index < -0.39 is 0 Å². The number of fused-ring (bicyclic) bond motifs is 1. The second-order valence-corrected chi connectivity index (χ2v) is 7.62. The third-order valence-electron chi connectivity index (χ3n) is 3.80. The molecule has 1 aromatic carbocycles. The van der Waals surface area contributed by atoms with Crippen LogP contribution in [0, 0.1) is 0 Å². The summed E-state index contributed by atoms with van der Waals surface area (Å²) in [5.74, 6) is -0.0153. The third kappa shape index (κ3) is 3.07. The molecule has 0 spiro atoms. The van der Waals surface area contributed by atoms with Crippen LogP contribution in [0.15, 0.2) is 34.6 Å². The first-order valence-corrected chi connectivity index (χ1v) is 9.36. The molecule has 0 saturated carbocycles. The van der Waals surface area contributed by atoms with E-state index in [1.807, 2.05) is 18.2 Å². The number of ketones is 1. The Morgan fingerprint density at radius 2 is 2.04 bits per heavy atom. The summed E-state index contributed by atoms with van der Waals surface area (Å²) in [6, 6.07) is 5.64. The minimum Gasteiger partial charge on any atom is -0.348 e. The van der Waals surface area contributed by atoms with Crippen molar-refractivity contribution in [3.63, 3.8) is 0 Å². The molecule has 1 saturated heterocycles. The Balaban J connectivity index is 1.54. The van der Waals surface area contributed by atoms with Crippen LogP contribution in [0.5, 0.6) is 0 Å². The predicted octanol–water partition coefficient (Wildman–Crippen LogP) is 4.97. The van der Waals surface area contributed by atoms with Crippen LogP contribution in [0.1, 0.15) is 29.6 Å². The highest BCUT2D eigenvalue weighted by molar-refractivity contribution is 7.20. The quantitative estimate of drug-likeness (QED) is 0.488. The Hall–Kier alpha value is -2.19. The molecule has 4 rings (SSSR count). The molecule has 1 fully saturated rings. The first kappa shape index (κ1) is 15.3. The fraction of sp³-hybridized carbons (Fsp3) is 0.312. The number of hydrogen-bond acceptors (Lipinski definition) is 8. The predicted molar refractivity (Wildman–Crippen MR) is 97.4 cm³/mol. The Morgan fingerprint density at radius 3 is 2.83 bits per heavy atom. The molecule has 0 bridgehead atoms. The summed E-state index contributed by atoms with van der Waals surface area (Å²) in [6.45, 7) is 3.68. The maximum atomic E-state index is 11.4. The zero-order valence-electron chi connectivity index (χ0n) is 13.1. The number of hydrogen-bond donors (Lipinski definition) is 0. The van der Waals surface area contributed by atoms with Gasteiger partial charge in [-0.15, -0.1) is 21.6 Å². The lowest BCUT2D eigenvalue weighted by Gasteiger charge is -2.11. The van der Waals surface area contributed by atoms with E-state index >= 15 is 0 Å². The average molecular weight is 357 g/mol. The van der Waals surface area contributed by atoms with Gasteiger partial charge in [0.2, 0.25) is 0 Å². The fourth-order valence-corrected chi connectivity index (χ4v) is 4.28. The van der Waals surface area contributed by atoms with Crippen LogP contribution in [-0.2, 0) is 0 Å². The molecule has 1 aliphatic heterocycles. The van der Waals surface area contributed by atoms with Crippen LogP contribution >= 0.6 is 22.7 Å². The van der Waals surface area contributed by atoms with Crippen LogP contribution in [0.4, 0.5) is 15.8 Å². The van der Waals surface area contributed by atoms with Gasteiger partial charge in [0.1, 0.15) is 0 Å². The number of Topliss-reactive ketones (excluding diaryl/α,β-unsaturated/α-hetero) is 1. The summed E-state index contributed by atoms with van der Waals surface area (Å²) < 4.78 is 0.943. The molecular formula is C16H15N5OS2. The number of nitrogens with zero attached hydrogens (tertiary/aromatic N) is 5. The highest BCUT2D eigenvalue weighted by Crippen LogP contribution is 2.33. The Labute approximate surface area is 146 Å². The van der Waals surface area contributed by atoms with E-state index in [1.54, 1.807) is 17.5 Å². The van der Waals surface area contributed by atoms with Gasteiger partial charge in [-0.3, -0.25) is 4.79 Å². The Bertz CT molecular complexity index is 924. The van der Waals surface area contributed by atoms with Gasteiger partial charge in [0.25, 0.3) is 0 Å². The van der Waals surface area contributed by atoms with Crippen molar-refractivity contribution in [2.24, 2.45) is 10.2 Å². The lowest BCUT2D eigenvalue weighted by atomic mass is 10.3. The maximum Gasteiger partial charge on any atom is 0.188 e. The van der Waals surface area contributed by atoms with Crippen LogP contribution < -0.4 is 4.90 Å². The topological polar surface area (TPSA) is 70.8 Å². The number of thiazole rings is 2. The zero-order valence-corrected chi connectivity index (χ0v) is 14.7. The van der Waals surface area contributed by atoms with Crippen LogP contribution in [0.2, 0.25) is 0 Å². The molecule has 0 amide bonds. The first-order valence-electron chi connectivity index (χ1n) is 7.73. The Kier molecular flexibility index (Phi) is 4.07. The van der Waals surface area contributed by atoms with Crippen molar-refractivity contribution < 1.29 is 4.79 Å². The SMILES string of the molecule is CC(=O)c1nc2ccc(N=Nc3cnc(N4CCCC4)s3)cc2s1. The second kappa shape index (κ2) is 6.37. The maximum absolute atomic E-state index is 11.4. The summed E-state index contributed by atoms with van der Waals surface area (Å²) >= 11 is 2.94. The number of azo groups is 1. The molecule has 0 aliphatic carbocycles. The molecule has 122 valence electrons. The minimum absolute atomic E-state index is 0.0153. The molecule has 0 unspecified atom stereocenters. The minimum atomic E-state index is -0.0153. The van der Waals surface area contributed by atoms with E-state index in [0.29, 0.717) is 5.01 Å². The van der Waals surface area contributed by atoms with E-state index in [9.17, 15) is 4.79 Å².